The minimum Gasteiger partial charge on any atom is -0.488 e. The van der Waals surface area contributed by atoms with E-state index in [9.17, 15) is 4.79 Å². The first-order chi connectivity index (χ1) is 14.5. The number of amides is 1. The molecule has 3 N–H and O–H groups in total. The van der Waals surface area contributed by atoms with Gasteiger partial charge in [0.05, 0.1) is 19.3 Å². The number of hydrogen-bond acceptors (Lipinski definition) is 6. The van der Waals surface area contributed by atoms with E-state index in [0.717, 1.165) is 35.4 Å². The van der Waals surface area contributed by atoms with Gasteiger partial charge in [0.15, 0.2) is 5.11 Å². The molecule has 2 aliphatic heterocycles. The Labute approximate surface area is 180 Å². The first-order valence-electron chi connectivity index (χ1n) is 10.0. The van der Waals surface area contributed by atoms with Gasteiger partial charge in [-0.15, -0.1) is 10.2 Å². The van der Waals surface area contributed by atoms with Crippen molar-refractivity contribution in [3.8, 4) is 22.9 Å². The van der Waals surface area contributed by atoms with E-state index in [-0.39, 0.29) is 24.1 Å². The zero-order valence-electron chi connectivity index (χ0n) is 17.0. The standard InChI is InChI=1S/C21H25N5O3S/c1-12-7-15(24-21(30)23-12)10-19(27)22-11-16-9-14-8-13(3-5-18(14)29-16)17-4-6-20(28-2)26-25-17/h3-6,8,12,15-16H,7,9-11H2,1-2H3,(H,22,27)(H2,23,24,30)/t12-,15+,16?/m1/s1. The van der Waals surface area contributed by atoms with Crippen LogP contribution in [-0.2, 0) is 11.2 Å². The number of nitrogens with one attached hydrogen (secondary N) is 3. The molecule has 0 saturated carbocycles. The molecule has 1 amide bonds. The van der Waals surface area contributed by atoms with Crippen LogP contribution in [0.25, 0.3) is 11.3 Å². The monoisotopic (exact) mass is 427 g/mol. The first-order valence-corrected chi connectivity index (χ1v) is 10.4. The lowest BCUT2D eigenvalue weighted by Gasteiger charge is -2.30. The maximum atomic E-state index is 12.3. The number of aromatic nitrogens is 2. The fourth-order valence-corrected chi connectivity index (χ4v) is 4.20. The molecule has 4 rings (SSSR count). The number of benzene rings is 1. The summed E-state index contributed by atoms with van der Waals surface area (Å²) >= 11 is 5.17. The Bertz CT molecular complexity index is 937. The number of rotatable bonds is 6. The van der Waals surface area contributed by atoms with Crippen LogP contribution in [0.4, 0.5) is 0 Å². The van der Waals surface area contributed by atoms with E-state index in [0.29, 0.717) is 24.0 Å². The SMILES string of the molecule is COc1ccc(-c2ccc3c(c2)CC(CNC(=O)C[C@@H]2C[C@@H](C)NC(=S)N2)O3)nn1. The Morgan fingerprint density at radius 1 is 1.30 bits per heavy atom. The number of nitrogens with zero attached hydrogens (tertiary/aromatic N) is 2. The number of fused-ring (bicyclic) bond motifs is 1. The highest BCUT2D eigenvalue weighted by Gasteiger charge is 2.26. The van der Waals surface area contributed by atoms with Crippen LogP contribution in [0.15, 0.2) is 30.3 Å². The molecule has 158 valence electrons. The smallest absolute Gasteiger partial charge is 0.233 e. The Morgan fingerprint density at radius 3 is 2.90 bits per heavy atom. The Morgan fingerprint density at radius 2 is 2.17 bits per heavy atom. The lowest BCUT2D eigenvalue weighted by Crippen LogP contribution is -2.54. The molecule has 3 atom stereocenters. The summed E-state index contributed by atoms with van der Waals surface area (Å²) in [5, 5.41) is 18.1. The van der Waals surface area contributed by atoms with Crippen LogP contribution in [0.1, 0.15) is 25.3 Å². The van der Waals surface area contributed by atoms with Gasteiger partial charge in [-0.2, -0.15) is 0 Å². The summed E-state index contributed by atoms with van der Waals surface area (Å²) in [5.74, 6) is 1.33. The zero-order chi connectivity index (χ0) is 21.1. The maximum Gasteiger partial charge on any atom is 0.233 e. The summed E-state index contributed by atoms with van der Waals surface area (Å²) in [7, 11) is 1.56. The van der Waals surface area contributed by atoms with Crippen molar-refractivity contribution in [2.45, 2.75) is 44.4 Å². The largest absolute Gasteiger partial charge is 0.488 e. The summed E-state index contributed by atoms with van der Waals surface area (Å²) in [6.45, 7) is 2.53. The van der Waals surface area contributed by atoms with Gasteiger partial charge in [0, 0.05) is 36.6 Å². The summed E-state index contributed by atoms with van der Waals surface area (Å²) < 4.78 is 11.0. The van der Waals surface area contributed by atoms with Gasteiger partial charge in [0.25, 0.3) is 0 Å². The predicted octanol–water partition coefficient (Wildman–Crippen LogP) is 1.59. The van der Waals surface area contributed by atoms with Gasteiger partial charge >= 0.3 is 0 Å². The van der Waals surface area contributed by atoms with Gasteiger partial charge in [-0.1, -0.05) is 0 Å². The molecule has 0 bridgehead atoms. The van der Waals surface area contributed by atoms with Crippen molar-refractivity contribution >= 4 is 23.2 Å². The Hall–Kier alpha value is -2.94. The zero-order valence-corrected chi connectivity index (χ0v) is 17.8. The number of methoxy groups -OCH3 is 1. The average molecular weight is 428 g/mol. The molecule has 3 heterocycles. The molecular weight excluding hydrogens is 402 g/mol. The van der Waals surface area contributed by atoms with Crippen LogP contribution in [0, 0.1) is 0 Å². The van der Waals surface area contributed by atoms with E-state index < -0.39 is 0 Å². The molecule has 0 aliphatic carbocycles. The topological polar surface area (TPSA) is 97.4 Å². The number of hydrogen-bond donors (Lipinski definition) is 3. The van der Waals surface area contributed by atoms with Gasteiger partial charge in [0.1, 0.15) is 11.9 Å². The van der Waals surface area contributed by atoms with Crippen LogP contribution in [-0.4, -0.2) is 53.1 Å². The van der Waals surface area contributed by atoms with Crippen molar-refractivity contribution < 1.29 is 14.3 Å². The minimum atomic E-state index is -0.0814. The van der Waals surface area contributed by atoms with Crippen molar-refractivity contribution in [1.29, 1.82) is 0 Å². The summed E-state index contributed by atoms with van der Waals surface area (Å²) in [6, 6.07) is 9.97. The molecule has 0 spiro atoms. The van der Waals surface area contributed by atoms with Gasteiger partial charge in [-0.3, -0.25) is 4.79 Å². The summed E-state index contributed by atoms with van der Waals surface area (Å²) in [6.07, 6.45) is 1.91. The quantitative estimate of drug-likeness (QED) is 0.598. The molecule has 0 radical (unpaired) electrons. The van der Waals surface area contributed by atoms with E-state index in [1.54, 1.807) is 13.2 Å². The van der Waals surface area contributed by atoms with Gasteiger partial charge < -0.3 is 25.4 Å². The molecule has 1 aromatic carbocycles. The highest BCUT2D eigenvalue weighted by atomic mass is 32.1. The van der Waals surface area contributed by atoms with E-state index in [2.05, 4.69) is 39.1 Å². The number of ether oxygens (including phenoxy) is 2. The molecule has 1 aromatic heterocycles. The van der Waals surface area contributed by atoms with Crippen molar-refractivity contribution in [2.24, 2.45) is 0 Å². The fraction of sp³-hybridized carbons (Fsp3) is 0.429. The molecule has 1 fully saturated rings. The molecule has 2 aromatic rings. The third-order valence-electron chi connectivity index (χ3n) is 5.26. The summed E-state index contributed by atoms with van der Waals surface area (Å²) in [4.78, 5) is 12.3. The third kappa shape index (κ3) is 4.79. The van der Waals surface area contributed by atoms with E-state index >= 15 is 0 Å². The molecule has 8 nitrogen and oxygen atoms in total. The maximum absolute atomic E-state index is 12.3. The van der Waals surface area contributed by atoms with Crippen LogP contribution in [0.3, 0.4) is 0 Å². The number of carbonyl (C=O) groups excluding carboxylic acids is 1. The summed E-state index contributed by atoms with van der Waals surface area (Å²) in [5.41, 5.74) is 2.85. The molecule has 9 heteroatoms. The average Bonchev–Trinajstić information content (AvgIpc) is 3.14. The highest BCUT2D eigenvalue weighted by molar-refractivity contribution is 7.80. The molecular formula is C21H25N5O3S. The van der Waals surface area contributed by atoms with Crippen LogP contribution in [0.2, 0.25) is 0 Å². The van der Waals surface area contributed by atoms with E-state index in [1.807, 2.05) is 18.2 Å². The van der Waals surface area contributed by atoms with Crippen molar-refractivity contribution in [3.63, 3.8) is 0 Å². The van der Waals surface area contributed by atoms with Gasteiger partial charge in [-0.05, 0) is 55.4 Å². The minimum absolute atomic E-state index is 0.00171. The molecule has 1 saturated heterocycles. The normalized spacial score (nSPS) is 22.3. The number of carbonyl (C=O) groups is 1. The van der Waals surface area contributed by atoms with Crippen molar-refractivity contribution in [3.05, 3.63) is 35.9 Å². The third-order valence-corrected chi connectivity index (χ3v) is 5.49. The van der Waals surface area contributed by atoms with Gasteiger partial charge in [0.2, 0.25) is 11.8 Å². The molecule has 1 unspecified atom stereocenters. The Balaban J connectivity index is 1.30. The fourth-order valence-electron chi connectivity index (χ4n) is 3.83. The Kier molecular flexibility index (Phi) is 5.98. The van der Waals surface area contributed by atoms with Crippen LogP contribution < -0.4 is 25.4 Å². The first kappa shape index (κ1) is 20.3. The van der Waals surface area contributed by atoms with E-state index in [4.69, 9.17) is 21.7 Å². The predicted molar refractivity (Wildman–Crippen MR) is 117 cm³/mol. The van der Waals surface area contributed by atoms with Crippen molar-refractivity contribution in [2.75, 3.05) is 13.7 Å². The van der Waals surface area contributed by atoms with Crippen LogP contribution >= 0.6 is 12.2 Å². The lowest BCUT2D eigenvalue weighted by atomic mass is 10.0. The highest BCUT2D eigenvalue weighted by Crippen LogP contribution is 2.32. The van der Waals surface area contributed by atoms with Crippen molar-refractivity contribution in [1.82, 2.24) is 26.1 Å². The molecule has 2 aliphatic rings. The van der Waals surface area contributed by atoms with Crippen LogP contribution in [0.5, 0.6) is 11.6 Å². The number of thiocarbonyl (C=S) groups is 1. The second kappa shape index (κ2) is 8.83. The molecule has 30 heavy (non-hydrogen) atoms. The second-order valence-electron chi connectivity index (χ2n) is 7.69. The van der Waals surface area contributed by atoms with Gasteiger partial charge in [-0.25, -0.2) is 0 Å². The van der Waals surface area contributed by atoms with E-state index in [1.165, 1.54) is 0 Å². The lowest BCUT2D eigenvalue weighted by molar-refractivity contribution is -0.121. The second-order valence-corrected chi connectivity index (χ2v) is 8.10.